The zero-order valence-corrected chi connectivity index (χ0v) is 10.9. The van der Waals surface area contributed by atoms with E-state index in [1.807, 2.05) is 19.1 Å². The number of aliphatic hydroxyl groups is 1. The molecular formula is C14H14N2O4. The van der Waals surface area contributed by atoms with Gasteiger partial charge in [0.1, 0.15) is 6.61 Å². The minimum atomic E-state index is -0.530. The molecule has 1 aromatic carbocycles. The first-order valence-electron chi connectivity index (χ1n) is 6.03. The minimum absolute atomic E-state index is 0.154. The third-order valence-electron chi connectivity index (χ3n) is 2.72. The summed E-state index contributed by atoms with van der Waals surface area (Å²) >= 11 is 0. The van der Waals surface area contributed by atoms with Gasteiger partial charge in [-0.3, -0.25) is 15.1 Å². The lowest BCUT2D eigenvalue weighted by Gasteiger charge is -2.07. The quantitative estimate of drug-likeness (QED) is 0.668. The molecule has 0 aliphatic rings. The molecule has 0 aliphatic heterocycles. The lowest BCUT2D eigenvalue weighted by molar-refractivity contribution is -0.386. The van der Waals surface area contributed by atoms with Crippen LogP contribution in [0.4, 0.5) is 5.69 Å². The Morgan fingerprint density at radius 2 is 2.15 bits per heavy atom. The highest BCUT2D eigenvalue weighted by Gasteiger charge is 2.16. The summed E-state index contributed by atoms with van der Waals surface area (Å²) in [5, 5.41) is 20.0. The molecule has 2 aromatic rings. The average molecular weight is 274 g/mol. The SMILES string of the molecule is Cc1cccc(COc2ccc(CO)cc2[N+](=O)[O-])n1. The fourth-order valence-corrected chi connectivity index (χ4v) is 1.76. The van der Waals surface area contributed by atoms with Crippen molar-refractivity contribution in [2.75, 3.05) is 0 Å². The standard InChI is InChI=1S/C14H14N2O4/c1-10-3-2-4-12(15-10)9-20-14-6-5-11(8-17)7-13(14)16(18)19/h2-7,17H,8-9H2,1H3. The molecule has 2 rings (SSSR count). The molecule has 1 aromatic heterocycles. The van der Waals surface area contributed by atoms with Gasteiger partial charge in [-0.15, -0.1) is 0 Å². The zero-order chi connectivity index (χ0) is 14.5. The Hall–Kier alpha value is -2.47. The largest absolute Gasteiger partial charge is 0.480 e. The summed E-state index contributed by atoms with van der Waals surface area (Å²) in [6, 6.07) is 9.89. The van der Waals surface area contributed by atoms with E-state index in [9.17, 15) is 10.1 Å². The van der Waals surface area contributed by atoms with Crippen LogP contribution in [0.3, 0.4) is 0 Å². The molecule has 1 heterocycles. The lowest BCUT2D eigenvalue weighted by Crippen LogP contribution is -2.02. The number of rotatable bonds is 5. The third kappa shape index (κ3) is 3.30. The summed E-state index contributed by atoms with van der Waals surface area (Å²) in [5.41, 5.74) is 1.86. The summed E-state index contributed by atoms with van der Waals surface area (Å²) in [4.78, 5) is 14.7. The molecule has 0 bridgehead atoms. The van der Waals surface area contributed by atoms with Crippen LogP contribution in [0.25, 0.3) is 0 Å². The topological polar surface area (TPSA) is 85.5 Å². The predicted molar refractivity (Wildman–Crippen MR) is 72.3 cm³/mol. The van der Waals surface area contributed by atoms with Crippen molar-refractivity contribution in [3.05, 3.63) is 63.5 Å². The molecular weight excluding hydrogens is 260 g/mol. The number of pyridine rings is 1. The maximum atomic E-state index is 11.0. The van der Waals surface area contributed by atoms with E-state index in [4.69, 9.17) is 9.84 Å². The van der Waals surface area contributed by atoms with E-state index in [-0.39, 0.29) is 24.7 Å². The van der Waals surface area contributed by atoms with Crippen LogP contribution >= 0.6 is 0 Å². The molecule has 1 N–H and O–H groups in total. The maximum absolute atomic E-state index is 11.0. The van der Waals surface area contributed by atoms with E-state index in [2.05, 4.69) is 4.98 Å². The predicted octanol–water partition coefficient (Wildman–Crippen LogP) is 2.37. The van der Waals surface area contributed by atoms with Crippen LogP contribution in [0.1, 0.15) is 17.0 Å². The average Bonchev–Trinajstić information content (AvgIpc) is 2.45. The Morgan fingerprint density at radius 3 is 2.80 bits per heavy atom. The number of hydrogen-bond acceptors (Lipinski definition) is 5. The normalized spacial score (nSPS) is 10.3. The lowest BCUT2D eigenvalue weighted by atomic mass is 10.2. The molecule has 0 atom stereocenters. The molecule has 6 nitrogen and oxygen atoms in total. The number of benzene rings is 1. The number of nitrogens with zero attached hydrogens (tertiary/aromatic N) is 2. The second-order valence-electron chi connectivity index (χ2n) is 4.28. The molecule has 6 heteroatoms. The summed E-state index contributed by atoms with van der Waals surface area (Å²) in [6.45, 7) is 1.77. The first-order valence-corrected chi connectivity index (χ1v) is 6.03. The first kappa shape index (κ1) is 14.0. The number of aromatic nitrogens is 1. The van der Waals surface area contributed by atoms with Gasteiger partial charge in [0.05, 0.1) is 17.2 Å². The number of ether oxygens (including phenoxy) is 1. The second kappa shape index (κ2) is 6.12. The molecule has 0 amide bonds. The van der Waals surface area contributed by atoms with E-state index >= 15 is 0 Å². The molecule has 0 unspecified atom stereocenters. The minimum Gasteiger partial charge on any atom is -0.480 e. The van der Waals surface area contributed by atoms with E-state index in [0.717, 1.165) is 5.69 Å². The molecule has 0 saturated carbocycles. The fourth-order valence-electron chi connectivity index (χ4n) is 1.76. The molecule has 0 saturated heterocycles. The van der Waals surface area contributed by atoms with Gasteiger partial charge in [0, 0.05) is 11.8 Å². The van der Waals surface area contributed by atoms with E-state index < -0.39 is 4.92 Å². The molecule has 0 aliphatic carbocycles. The smallest absolute Gasteiger partial charge is 0.311 e. The van der Waals surface area contributed by atoms with Crippen LogP contribution in [-0.2, 0) is 13.2 Å². The molecule has 104 valence electrons. The van der Waals surface area contributed by atoms with Crippen molar-refractivity contribution in [2.45, 2.75) is 20.1 Å². The van der Waals surface area contributed by atoms with Crippen molar-refractivity contribution < 1.29 is 14.8 Å². The number of hydrogen-bond donors (Lipinski definition) is 1. The van der Waals surface area contributed by atoms with Crippen molar-refractivity contribution >= 4 is 5.69 Å². The van der Waals surface area contributed by atoms with E-state index in [1.54, 1.807) is 12.1 Å². The monoisotopic (exact) mass is 274 g/mol. The Kier molecular flexibility index (Phi) is 4.27. The fraction of sp³-hybridized carbons (Fsp3) is 0.214. The van der Waals surface area contributed by atoms with Gasteiger partial charge < -0.3 is 9.84 Å². The Balaban J connectivity index is 2.18. The molecule has 0 radical (unpaired) electrons. The second-order valence-corrected chi connectivity index (χ2v) is 4.28. The molecule has 20 heavy (non-hydrogen) atoms. The number of aryl methyl sites for hydroxylation is 1. The van der Waals surface area contributed by atoms with Crippen LogP contribution in [0.2, 0.25) is 0 Å². The van der Waals surface area contributed by atoms with Gasteiger partial charge in [0.2, 0.25) is 0 Å². The summed E-state index contributed by atoms with van der Waals surface area (Å²) in [7, 11) is 0. The number of aliphatic hydroxyl groups excluding tert-OH is 1. The van der Waals surface area contributed by atoms with Gasteiger partial charge in [-0.1, -0.05) is 12.1 Å². The number of nitro groups is 1. The Bertz CT molecular complexity index is 628. The third-order valence-corrected chi connectivity index (χ3v) is 2.72. The van der Waals surface area contributed by atoms with Crippen molar-refractivity contribution in [1.82, 2.24) is 4.98 Å². The summed E-state index contributed by atoms with van der Waals surface area (Å²) in [5.74, 6) is 0.163. The maximum Gasteiger partial charge on any atom is 0.311 e. The summed E-state index contributed by atoms with van der Waals surface area (Å²) < 4.78 is 5.45. The van der Waals surface area contributed by atoms with Crippen LogP contribution in [-0.4, -0.2) is 15.0 Å². The first-order chi connectivity index (χ1) is 9.60. The zero-order valence-electron chi connectivity index (χ0n) is 10.9. The van der Waals surface area contributed by atoms with E-state index in [0.29, 0.717) is 11.3 Å². The van der Waals surface area contributed by atoms with Gasteiger partial charge in [0.15, 0.2) is 5.75 Å². The van der Waals surface area contributed by atoms with Crippen LogP contribution in [0.5, 0.6) is 5.75 Å². The Labute approximate surface area is 115 Å². The van der Waals surface area contributed by atoms with Gasteiger partial charge in [0.25, 0.3) is 0 Å². The van der Waals surface area contributed by atoms with Crippen molar-refractivity contribution in [3.63, 3.8) is 0 Å². The van der Waals surface area contributed by atoms with Gasteiger partial charge in [-0.2, -0.15) is 0 Å². The van der Waals surface area contributed by atoms with Crippen molar-refractivity contribution in [3.8, 4) is 5.75 Å². The molecule has 0 fully saturated rings. The van der Waals surface area contributed by atoms with Gasteiger partial charge in [-0.25, -0.2) is 0 Å². The Morgan fingerprint density at radius 1 is 1.35 bits per heavy atom. The van der Waals surface area contributed by atoms with E-state index in [1.165, 1.54) is 12.1 Å². The highest BCUT2D eigenvalue weighted by atomic mass is 16.6. The van der Waals surface area contributed by atoms with Crippen molar-refractivity contribution in [1.29, 1.82) is 0 Å². The van der Waals surface area contributed by atoms with Crippen molar-refractivity contribution in [2.24, 2.45) is 0 Å². The van der Waals surface area contributed by atoms with Crippen LogP contribution < -0.4 is 4.74 Å². The van der Waals surface area contributed by atoms with Crippen LogP contribution in [0.15, 0.2) is 36.4 Å². The van der Waals surface area contributed by atoms with Crippen LogP contribution in [0, 0.1) is 17.0 Å². The highest BCUT2D eigenvalue weighted by Crippen LogP contribution is 2.28. The van der Waals surface area contributed by atoms with Gasteiger partial charge >= 0.3 is 5.69 Å². The van der Waals surface area contributed by atoms with Gasteiger partial charge in [-0.05, 0) is 30.7 Å². The molecule has 0 spiro atoms. The highest BCUT2D eigenvalue weighted by molar-refractivity contribution is 5.48. The summed E-state index contributed by atoms with van der Waals surface area (Å²) in [6.07, 6.45) is 0. The number of nitro benzene ring substituents is 1.